The van der Waals surface area contributed by atoms with E-state index in [2.05, 4.69) is 26.8 Å². The summed E-state index contributed by atoms with van der Waals surface area (Å²) in [7, 11) is 0. The Hall–Kier alpha value is -1.87. The molecule has 1 fully saturated rings. The fraction of sp³-hybridized carbons (Fsp3) is 0.643. The summed E-state index contributed by atoms with van der Waals surface area (Å²) in [6, 6.07) is 0.167. The SMILES string of the molecule is CCCc1nnsc1C(=O)N1CC[C@H]2[C@H](C1)OCc1cnnn12. The minimum Gasteiger partial charge on any atom is -0.368 e. The Morgan fingerprint density at radius 2 is 2.43 bits per heavy atom. The summed E-state index contributed by atoms with van der Waals surface area (Å²) in [6.45, 7) is 3.84. The monoisotopic (exact) mass is 334 g/mol. The lowest BCUT2D eigenvalue weighted by Crippen LogP contribution is -2.50. The highest BCUT2D eigenvalue weighted by Crippen LogP contribution is 2.31. The number of amides is 1. The molecule has 2 aromatic rings. The minimum atomic E-state index is -0.0302. The number of rotatable bonds is 3. The summed E-state index contributed by atoms with van der Waals surface area (Å²) in [4.78, 5) is 15.3. The van der Waals surface area contributed by atoms with Gasteiger partial charge >= 0.3 is 0 Å². The third-order valence-electron chi connectivity index (χ3n) is 4.46. The zero-order valence-electron chi connectivity index (χ0n) is 12.9. The molecule has 4 rings (SSSR count). The number of piperidine rings is 1. The van der Waals surface area contributed by atoms with E-state index < -0.39 is 0 Å². The van der Waals surface area contributed by atoms with Gasteiger partial charge in [-0.25, -0.2) is 4.68 Å². The van der Waals surface area contributed by atoms with E-state index in [1.807, 2.05) is 9.58 Å². The maximum Gasteiger partial charge on any atom is 0.267 e. The fourth-order valence-corrected chi connectivity index (χ4v) is 3.96. The second kappa shape index (κ2) is 5.97. The Kier molecular flexibility index (Phi) is 3.82. The number of aryl methyl sites for hydroxylation is 1. The van der Waals surface area contributed by atoms with Gasteiger partial charge in [-0.3, -0.25) is 4.79 Å². The number of carbonyl (C=O) groups excluding carboxylic acids is 1. The molecule has 1 amide bonds. The first-order valence-corrected chi connectivity index (χ1v) is 8.66. The van der Waals surface area contributed by atoms with Crippen LogP contribution in [0.3, 0.4) is 0 Å². The normalized spacial score (nSPS) is 23.4. The summed E-state index contributed by atoms with van der Waals surface area (Å²) in [5, 5.41) is 12.2. The molecular formula is C14H18N6O2S. The third-order valence-corrected chi connectivity index (χ3v) is 5.21. The second-order valence-electron chi connectivity index (χ2n) is 5.93. The Bertz CT molecular complexity index is 714. The van der Waals surface area contributed by atoms with Crippen molar-refractivity contribution >= 4 is 17.4 Å². The van der Waals surface area contributed by atoms with Crippen molar-refractivity contribution in [3.8, 4) is 0 Å². The molecule has 0 spiro atoms. The summed E-state index contributed by atoms with van der Waals surface area (Å²) >= 11 is 1.19. The topological polar surface area (TPSA) is 86.0 Å². The lowest BCUT2D eigenvalue weighted by atomic mass is 10.00. The van der Waals surface area contributed by atoms with Crippen molar-refractivity contribution in [1.29, 1.82) is 0 Å². The van der Waals surface area contributed by atoms with Crippen molar-refractivity contribution in [2.75, 3.05) is 13.1 Å². The van der Waals surface area contributed by atoms with Gasteiger partial charge in [0, 0.05) is 13.1 Å². The van der Waals surface area contributed by atoms with E-state index in [-0.39, 0.29) is 18.1 Å². The van der Waals surface area contributed by atoms with Gasteiger partial charge in [-0.15, -0.1) is 10.2 Å². The van der Waals surface area contributed by atoms with Crippen molar-refractivity contribution < 1.29 is 9.53 Å². The number of nitrogens with zero attached hydrogens (tertiary/aromatic N) is 6. The molecule has 2 atom stereocenters. The third kappa shape index (κ3) is 2.53. The quantitative estimate of drug-likeness (QED) is 0.834. The summed E-state index contributed by atoms with van der Waals surface area (Å²) in [6.07, 6.45) is 4.28. The summed E-state index contributed by atoms with van der Waals surface area (Å²) in [5.41, 5.74) is 1.82. The van der Waals surface area contributed by atoms with Crippen LogP contribution in [0.4, 0.5) is 0 Å². The van der Waals surface area contributed by atoms with Crippen LogP contribution in [0.25, 0.3) is 0 Å². The molecule has 0 aromatic carbocycles. The molecular weight excluding hydrogens is 316 g/mol. The van der Waals surface area contributed by atoms with Gasteiger partial charge in [0.05, 0.1) is 36.3 Å². The Morgan fingerprint density at radius 3 is 3.30 bits per heavy atom. The molecule has 4 heterocycles. The number of aromatic nitrogens is 5. The number of hydrogen-bond donors (Lipinski definition) is 0. The Morgan fingerprint density at radius 1 is 1.52 bits per heavy atom. The molecule has 0 N–H and O–H groups in total. The zero-order chi connectivity index (χ0) is 15.8. The number of likely N-dealkylation sites (tertiary alicyclic amines) is 1. The van der Waals surface area contributed by atoms with Gasteiger partial charge in [0.1, 0.15) is 4.88 Å². The standard InChI is InChI=1S/C14H18N6O2S/c1-2-3-10-13(23-18-16-10)14(21)19-5-4-11-12(7-19)22-8-9-6-15-17-20(9)11/h6,11-12H,2-5,7-8H2,1H3/t11-,12-/m0/s1. The summed E-state index contributed by atoms with van der Waals surface area (Å²) < 4.78 is 11.8. The van der Waals surface area contributed by atoms with E-state index in [0.29, 0.717) is 24.6 Å². The second-order valence-corrected chi connectivity index (χ2v) is 6.68. The van der Waals surface area contributed by atoms with Crippen LogP contribution in [0, 0.1) is 0 Å². The van der Waals surface area contributed by atoms with Crippen LogP contribution in [-0.2, 0) is 17.8 Å². The average Bonchev–Trinajstić information content (AvgIpc) is 3.23. The Labute approximate surface area is 137 Å². The lowest BCUT2D eigenvalue weighted by molar-refractivity contribution is -0.0627. The molecule has 122 valence electrons. The molecule has 2 aliphatic heterocycles. The fourth-order valence-electron chi connectivity index (χ4n) is 3.29. The van der Waals surface area contributed by atoms with Gasteiger partial charge in [0.25, 0.3) is 5.91 Å². The zero-order valence-corrected chi connectivity index (χ0v) is 13.7. The molecule has 2 aromatic heterocycles. The predicted octanol–water partition coefficient (Wildman–Crippen LogP) is 1.07. The van der Waals surface area contributed by atoms with Crippen LogP contribution < -0.4 is 0 Å². The van der Waals surface area contributed by atoms with Gasteiger partial charge in [-0.05, 0) is 24.4 Å². The molecule has 0 radical (unpaired) electrons. The van der Waals surface area contributed by atoms with Crippen LogP contribution in [0.15, 0.2) is 6.20 Å². The van der Waals surface area contributed by atoms with Gasteiger partial charge < -0.3 is 9.64 Å². The molecule has 0 unspecified atom stereocenters. The van der Waals surface area contributed by atoms with Crippen molar-refractivity contribution in [2.24, 2.45) is 0 Å². The van der Waals surface area contributed by atoms with E-state index in [4.69, 9.17) is 4.74 Å². The van der Waals surface area contributed by atoms with E-state index >= 15 is 0 Å². The van der Waals surface area contributed by atoms with Crippen molar-refractivity contribution in [2.45, 2.75) is 44.9 Å². The highest BCUT2D eigenvalue weighted by atomic mass is 32.1. The molecule has 23 heavy (non-hydrogen) atoms. The van der Waals surface area contributed by atoms with Gasteiger partial charge in [-0.2, -0.15) is 0 Å². The maximum atomic E-state index is 12.8. The molecule has 1 saturated heterocycles. The number of carbonyl (C=O) groups is 1. The van der Waals surface area contributed by atoms with Crippen molar-refractivity contribution in [1.82, 2.24) is 29.5 Å². The highest BCUT2D eigenvalue weighted by Gasteiger charge is 2.38. The van der Waals surface area contributed by atoms with Gasteiger partial charge in [0.15, 0.2) is 0 Å². The first-order chi connectivity index (χ1) is 11.3. The number of hydrogen-bond acceptors (Lipinski definition) is 7. The highest BCUT2D eigenvalue weighted by molar-refractivity contribution is 7.08. The summed E-state index contributed by atoms with van der Waals surface area (Å²) in [5.74, 6) is 0.0230. The molecule has 0 bridgehead atoms. The smallest absolute Gasteiger partial charge is 0.267 e. The molecule has 0 saturated carbocycles. The maximum absolute atomic E-state index is 12.8. The van der Waals surface area contributed by atoms with Crippen LogP contribution >= 0.6 is 11.5 Å². The van der Waals surface area contributed by atoms with Gasteiger partial charge in [-0.1, -0.05) is 23.0 Å². The van der Waals surface area contributed by atoms with E-state index in [9.17, 15) is 4.79 Å². The van der Waals surface area contributed by atoms with Crippen LogP contribution in [0.1, 0.15) is 46.9 Å². The largest absolute Gasteiger partial charge is 0.368 e. The van der Waals surface area contributed by atoms with Gasteiger partial charge in [0.2, 0.25) is 0 Å². The van der Waals surface area contributed by atoms with E-state index in [1.165, 1.54) is 11.5 Å². The first-order valence-electron chi connectivity index (χ1n) is 7.89. The van der Waals surface area contributed by atoms with Crippen LogP contribution in [0.2, 0.25) is 0 Å². The van der Waals surface area contributed by atoms with E-state index in [0.717, 1.165) is 30.7 Å². The van der Waals surface area contributed by atoms with Crippen LogP contribution in [0.5, 0.6) is 0 Å². The van der Waals surface area contributed by atoms with Crippen molar-refractivity contribution in [3.05, 3.63) is 22.5 Å². The lowest BCUT2D eigenvalue weighted by Gasteiger charge is -2.40. The average molecular weight is 334 g/mol. The number of ether oxygens (including phenoxy) is 1. The molecule has 0 aliphatic carbocycles. The van der Waals surface area contributed by atoms with Crippen molar-refractivity contribution in [3.63, 3.8) is 0 Å². The molecule has 2 aliphatic rings. The number of fused-ring (bicyclic) bond motifs is 3. The Balaban J connectivity index is 1.50. The predicted molar refractivity (Wildman–Crippen MR) is 82.1 cm³/mol. The molecule has 9 heteroatoms. The minimum absolute atomic E-state index is 0.0230. The van der Waals surface area contributed by atoms with Crippen LogP contribution in [-0.4, -0.2) is 54.6 Å². The molecule has 8 nitrogen and oxygen atoms in total. The first kappa shape index (κ1) is 14.7. The van der Waals surface area contributed by atoms with E-state index in [1.54, 1.807) is 6.20 Å².